The van der Waals surface area contributed by atoms with E-state index in [1.165, 1.54) is 250 Å². The number of hydrogen-bond donors (Lipinski definition) is 0. The Kier molecular flexibility index (Phi) is 68.6. The number of allylic oxidation sites excluding steroid dienone is 12. The third kappa shape index (κ3) is 69.5. The van der Waals surface area contributed by atoms with E-state index in [2.05, 4.69) is 93.7 Å². The maximum absolute atomic E-state index is 13.0. The third-order valence-corrected chi connectivity index (χ3v) is 16.2. The van der Waals surface area contributed by atoms with Gasteiger partial charge in [0, 0.05) is 19.3 Å². The molecule has 0 aromatic carbocycles. The first-order chi connectivity index (χ1) is 41.0. The predicted octanol–water partition coefficient (Wildman–Crippen LogP) is 25.2. The van der Waals surface area contributed by atoms with Crippen molar-refractivity contribution in [1.82, 2.24) is 0 Å². The van der Waals surface area contributed by atoms with Crippen molar-refractivity contribution in [3.8, 4) is 0 Å². The van der Waals surface area contributed by atoms with Crippen molar-refractivity contribution < 1.29 is 28.6 Å². The maximum Gasteiger partial charge on any atom is 0.306 e. The van der Waals surface area contributed by atoms with Gasteiger partial charge in [0.05, 0.1) is 0 Å². The second kappa shape index (κ2) is 71.3. The topological polar surface area (TPSA) is 78.9 Å². The van der Waals surface area contributed by atoms with Gasteiger partial charge in [-0.3, -0.25) is 14.4 Å². The molecule has 83 heavy (non-hydrogen) atoms. The molecule has 0 rings (SSSR count). The van der Waals surface area contributed by atoms with Gasteiger partial charge >= 0.3 is 17.9 Å². The fourth-order valence-corrected chi connectivity index (χ4v) is 10.7. The average Bonchev–Trinajstić information content (AvgIpc) is 3.49. The lowest BCUT2D eigenvalue weighted by Gasteiger charge is -2.18. The minimum atomic E-state index is -0.784. The molecule has 0 saturated carbocycles. The van der Waals surface area contributed by atoms with E-state index in [9.17, 15) is 14.4 Å². The molecule has 0 N–H and O–H groups in total. The quantitative estimate of drug-likeness (QED) is 0.0261. The Labute approximate surface area is 516 Å². The summed E-state index contributed by atoms with van der Waals surface area (Å²) in [6.07, 6.45) is 93.6. The molecule has 0 fully saturated rings. The lowest BCUT2D eigenvalue weighted by molar-refractivity contribution is -0.167. The smallest absolute Gasteiger partial charge is 0.306 e. The highest BCUT2D eigenvalue weighted by atomic mass is 16.6. The predicted molar refractivity (Wildman–Crippen MR) is 362 cm³/mol. The number of carbonyl (C=O) groups excluding carboxylic acids is 3. The number of carbonyl (C=O) groups is 3. The van der Waals surface area contributed by atoms with E-state index in [0.29, 0.717) is 19.3 Å². The van der Waals surface area contributed by atoms with Crippen molar-refractivity contribution >= 4 is 17.9 Å². The summed E-state index contributed by atoms with van der Waals surface area (Å²) in [5.74, 6) is -0.875. The molecule has 6 nitrogen and oxygen atoms in total. The Morgan fingerprint density at radius 3 is 0.687 bits per heavy atom. The summed E-state index contributed by atoms with van der Waals surface area (Å²) >= 11 is 0. The first-order valence-electron chi connectivity index (χ1n) is 36.4. The molecule has 0 radical (unpaired) electrons. The zero-order chi connectivity index (χ0) is 59.9. The van der Waals surface area contributed by atoms with Crippen LogP contribution >= 0.6 is 0 Å². The summed E-state index contributed by atoms with van der Waals surface area (Å²) in [4.78, 5) is 38.5. The molecule has 0 spiro atoms. The highest BCUT2D eigenvalue weighted by molar-refractivity contribution is 5.71. The van der Waals surface area contributed by atoms with E-state index >= 15 is 0 Å². The highest BCUT2D eigenvalue weighted by Crippen LogP contribution is 2.18. The number of rotatable bonds is 67. The normalized spacial score (nSPS) is 12.5. The van der Waals surface area contributed by atoms with Crippen LogP contribution in [-0.2, 0) is 28.6 Å². The van der Waals surface area contributed by atoms with E-state index in [-0.39, 0.29) is 31.1 Å². The van der Waals surface area contributed by atoms with E-state index in [0.717, 1.165) is 89.9 Å². The van der Waals surface area contributed by atoms with Gasteiger partial charge in [0.25, 0.3) is 0 Å². The van der Waals surface area contributed by atoms with Crippen LogP contribution < -0.4 is 0 Å². The van der Waals surface area contributed by atoms with E-state index in [1.54, 1.807) is 0 Å². The summed E-state index contributed by atoms with van der Waals surface area (Å²) < 4.78 is 17.0. The van der Waals surface area contributed by atoms with Crippen molar-refractivity contribution in [2.45, 2.75) is 386 Å². The molecular weight excluding hydrogens is 1020 g/mol. The largest absolute Gasteiger partial charge is 0.462 e. The van der Waals surface area contributed by atoms with Gasteiger partial charge in [-0.1, -0.05) is 318 Å². The zero-order valence-electron chi connectivity index (χ0n) is 55.5. The highest BCUT2D eigenvalue weighted by Gasteiger charge is 2.19. The SMILES string of the molecule is CCCCC/C=C\C/C=C\CCCCCCCCCCCC(=O)OC(COC(=O)CCCCCCC/C=C\C/C=C\CCCCC)COC(=O)CCCCCCCCCCCCCCCCCCCCC/C=C\C/C=C\CCCCCCC. The zero-order valence-corrected chi connectivity index (χ0v) is 55.5. The summed E-state index contributed by atoms with van der Waals surface area (Å²) in [7, 11) is 0. The van der Waals surface area contributed by atoms with Crippen LogP contribution in [0.25, 0.3) is 0 Å². The number of hydrogen-bond acceptors (Lipinski definition) is 6. The van der Waals surface area contributed by atoms with Crippen LogP contribution in [0.15, 0.2) is 72.9 Å². The second-order valence-corrected chi connectivity index (χ2v) is 24.5. The molecule has 0 bridgehead atoms. The van der Waals surface area contributed by atoms with Crippen LogP contribution in [0.5, 0.6) is 0 Å². The summed E-state index contributed by atoms with van der Waals surface area (Å²) in [6, 6.07) is 0. The summed E-state index contributed by atoms with van der Waals surface area (Å²) in [5.41, 5.74) is 0. The van der Waals surface area contributed by atoms with Crippen LogP contribution in [0.3, 0.4) is 0 Å². The fourth-order valence-electron chi connectivity index (χ4n) is 10.7. The van der Waals surface area contributed by atoms with Gasteiger partial charge in [0.1, 0.15) is 13.2 Å². The van der Waals surface area contributed by atoms with Crippen LogP contribution in [0.4, 0.5) is 0 Å². The Morgan fingerprint density at radius 2 is 0.434 bits per heavy atom. The Bertz CT molecular complexity index is 1520. The lowest BCUT2D eigenvalue weighted by atomic mass is 10.0. The van der Waals surface area contributed by atoms with E-state index in [1.807, 2.05) is 0 Å². The van der Waals surface area contributed by atoms with Gasteiger partial charge in [0.2, 0.25) is 0 Å². The molecule has 1 unspecified atom stereocenters. The van der Waals surface area contributed by atoms with Gasteiger partial charge < -0.3 is 14.2 Å². The van der Waals surface area contributed by atoms with Crippen LogP contribution in [-0.4, -0.2) is 37.2 Å². The van der Waals surface area contributed by atoms with Gasteiger partial charge in [-0.15, -0.1) is 0 Å². The fraction of sp³-hybridized carbons (Fsp3) is 0.805. The molecule has 0 aliphatic heterocycles. The molecule has 6 heteroatoms. The molecule has 0 aliphatic carbocycles. The van der Waals surface area contributed by atoms with Crippen molar-refractivity contribution in [2.24, 2.45) is 0 Å². The lowest BCUT2D eigenvalue weighted by Crippen LogP contribution is -2.30. The van der Waals surface area contributed by atoms with E-state index < -0.39 is 6.10 Å². The standard InChI is InChI=1S/C77H138O6/c1-4-7-10-13-16-19-22-25-28-30-32-33-34-35-36-37-38-39-40-41-42-43-45-46-49-52-55-58-61-64-67-70-76(79)82-73-74(72-81-75(78)69-66-63-60-57-54-51-48-27-24-21-18-15-12-9-6-3)83-77(80)71-68-65-62-59-56-53-50-47-44-31-29-26-23-20-17-14-11-8-5-2/h17-18,20-22,25-27,29-30,32,48,74H,4-16,19,23-24,28,31,33-47,49-73H2,1-3H3/b20-17-,21-18-,25-22-,29-26-,32-30-,48-27-. The minimum Gasteiger partial charge on any atom is -0.462 e. The van der Waals surface area contributed by atoms with Crippen molar-refractivity contribution in [2.75, 3.05) is 13.2 Å². The van der Waals surface area contributed by atoms with Gasteiger partial charge in [-0.2, -0.15) is 0 Å². The van der Waals surface area contributed by atoms with Crippen molar-refractivity contribution in [3.05, 3.63) is 72.9 Å². The van der Waals surface area contributed by atoms with Crippen LogP contribution in [0.2, 0.25) is 0 Å². The average molecular weight is 1160 g/mol. The molecule has 0 heterocycles. The Balaban J connectivity index is 4.22. The second-order valence-electron chi connectivity index (χ2n) is 24.5. The molecular formula is C77H138O6. The van der Waals surface area contributed by atoms with Gasteiger partial charge in [-0.05, 0) is 116 Å². The van der Waals surface area contributed by atoms with Crippen molar-refractivity contribution in [1.29, 1.82) is 0 Å². The molecule has 0 aromatic heterocycles. The van der Waals surface area contributed by atoms with Gasteiger partial charge in [-0.25, -0.2) is 0 Å². The Morgan fingerprint density at radius 1 is 0.241 bits per heavy atom. The molecule has 0 aliphatic rings. The Hall–Kier alpha value is -3.15. The van der Waals surface area contributed by atoms with E-state index in [4.69, 9.17) is 14.2 Å². The number of unbranched alkanes of at least 4 members (excludes halogenated alkanes) is 44. The van der Waals surface area contributed by atoms with Crippen LogP contribution in [0, 0.1) is 0 Å². The maximum atomic E-state index is 13.0. The number of ether oxygens (including phenoxy) is 3. The minimum absolute atomic E-state index is 0.0782. The first-order valence-corrected chi connectivity index (χ1v) is 36.4. The van der Waals surface area contributed by atoms with Crippen molar-refractivity contribution in [3.63, 3.8) is 0 Å². The monoisotopic (exact) mass is 1160 g/mol. The third-order valence-electron chi connectivity index (χ3n) is 16.2. The number of esters is 3. The van der Waals surface area contributed by atoms with Gasteiger partial charge in [0.15, 0.2) is 6.10 Å². The molecule has 0 saturated heterocycles. The molecule has 1 atom stereocenters. The summed E-state index contributed by atoms with van der Waals surface area (Å²) in [5, 5.41) is 0. The molecule has 482 valence electrons. The molecule has 0 aromatic rings. The van der Waals surface area contributed by atoms with Crippen LogP contribution in [0.1, 0.15) is 380 Å². The summed E-state index contributed by atoms with van der Waals surface area (Å²) in [6.45, 7) is 6.62. The molecule has 0 amide bonds. The first kappa shape index (κ1) is 79.8.